The number of hydrogen-bond acceptors (Lipinski definition) is 5. The maximum Gasteiger partial charge on any atom is 0.318 e. The maximum absolute atomic E-state index is 5.58. The van der Waals surface area contributed by atoms with Crippen molar-refractivity contribution in [1.29, 1.82) is 0 Å². The van der Waals surface area contributed by atoms with Gasteiger partial charge in [-0.25, -0.2) is 0 Å². The van der Waals surface area contributed by atoms with Gasteiger partial charge in [0.25, 0.3) is 0 Å². The van der Waals surface area contributed by atoms with Crippen LogP contribution in [0.2, 0.25) is 0 Å². The molecule has 0 amide bonds. The SMILES string of the molecule is Cc1nnc(N2CCC[C@H]2C2=CCN(C)CC2)o1. The molecule has 0 radical (unpaired) electrons. The molecule has 5 nitrogen and oxygen atoms in total. The summed E-state index contributed by atoms with van der Waals surface area (Å²) in [6.07, 6.45) is 5.94. The normalized spacial score (nSPS) is 25.6. The molecule has 0 aromatic carbocycles. The van der Waals surface area contributed by atoms with E-state index in [1.54, 1.807) is 5.57 Å². The van der Waals surface area contributed by atoms with Gasteiger partial charge in [-0.1, -0.05) is 11.2 Å². The minimum Gasteiger partial charge on any atom is -0.408 e. The second kappa shape index (κ2) is 4.72. The summed E-state index contributed by atoms with van der Waals surface area (Å²) >= 11 is 0. The zero-order chi connectivity index (χ0) is 12.5. The summed E-state index contributed by atoms with van der Waals surface area (Å²) in [5.74, 6) is 0.646. The van der Waals surface area contributed by atoms with Gasteiger partial charge in [0.1, 0.15) is 0 Å². The highest BCUT2D eigenvalue weighted by Gasteiger charge is 2.31. The number of hydrogen-bond donors (Lipinski definition) is 0. The van der Waals surface area contributed by atoms with E-state index in [9.17, 15) is 0 Å². The zero-order valence-electron chi connectivity index (χ0n) is 11.1. The number of likely N-dealkylation sites (N-methyl/N-ethyl adjacent to an activating group) is 1. The van der Waals surface area contributed by atoms with Crippen molar-refractivity contribution in [2.45, 2.75) is 32.2 Å². The summed E-state index contributed by atoms with van der Waals surface area (Å²) in [5, 5.41) is 8.10. The van der Waals surface area contributed by atoms with Crippen molar-refractivity contribution in [1.82, 2.24) is 15.1 Å². The van der Waals surface area contributed by atoms with E-state index in [1.165, 1.54) is 12.8 Å². The number of aryl methyl sites for hydroxylation is 1. The monoisotopic (exact) mass is 248 g/mol. The lowest BCUT2D eigenvalue weighted by Crippen LogP contribution is -2.35. The molecule has 3 heterocycles. The number of nitrogens with zero attached hydrogens (tertiary/aromatic N) is 4. The van der Waals surface area contributed by atoms with E-state index in [2.05, 4.69) is 33.1 Å². The van der Waals surface area contributed by atoms with Crippen molar-refractivity contribution in [3.8, 4) is 0 Å². The largest absolute Gasteiger partial charge is 0.408 e. The summed E-state index contributed by atoms with van der Waals surface area (Å²) in [6.45, 7) is 5.08. The minimum atomic E-state index is 0.471. The minimum absolute atomic E-state index is 0.471. The molecular weight excluding hydrogens is 228 g/mol. The van der Waals surface area contributed by atoms with Crippen LogP contribution < -0.4 is 4.90 Å². The summed E-state index contributed by atoms with van der Waals surface area (Å²) in [5.41, 5.74) is 1.54. The Morgan fingerprint density at radius 1 is 1.33 bits per heavy atom. The molecule has 0 N–H and O–H groups in total. The Morgan fingerprint density at radius 3 is 2.89 bits per heavy atom. The molecule has 2 aliphatic heterocycles. The van der Waals surface area contributed by atoms with E-state index >= 15 is 0 Å². The lowest BCUT2D eigenvalue weighted by Gasteiger charge is -2.29. The van der Waals surface area contributed by atoms with E-state index in [0.29, 0.717) is 17.9 Å². The topological polar surface area (TPSA) is 45.4 Å². The smallest absolute Gasteiger partial charge is 0.318 e. The van der Waals surface area contributed by atoms with Crippen LogP contribution >= 0.6 is 0 Å². The summed E-state index contributed by atoms with van der Waals surface area (Å²) in [4.78, 5) is 4.62. The summed E-state index contributed by atoms with van der Waals surface area (Å²) in [6, 6.07) is 1.16. The standard InChI is InChI=1S/C13H20N4O/c1-10-14-15-13(18-10)17-7-3-4-12(17)11-5-8-16(2)9-6-11/h5,12H,3-4,6-9H2,1-2H3/t12-/m0/s1. The van der Waals surface area contributed by atoms with E-state index in [4.69, 9.17) is 4.42 Å². The third kappa shape index (κ3) is 2.14. The molecule has 18 heavy (non-hydrogen) atoms. The highest BCUT2D eigenvalue weighted by Crippen LogP contribution is 2.31. The van der Waals surface area contributed by atoms with E-state index in [-0.39, 0.29) is 0 Å². The van der Waals surface area contributed by atoms with Crippen molar-refractivity contribution in [3.05, 3.63) is 17.5 Å². The fourth-order valence-corrected chi connectivity index (χ4v) is 2.87. The first-order chi connectivity index (χ1) is 8.74. The lowest BCUT2D eigenvalue weighted by molar-refractivity contribution is 0.352. The molecule has 1 fully saturated rings. The van der Waals surface area contributed by atoms with Gasteiger partial charge in [-0.05, 0) is 31.9 Å². The van der Waals surface area contributed by atoms with Crippen LogP contribution in [0.1, 0.15) is 25.2 Å². The molecule has 98 valence electrons. The van der Waals surface area contributed by atoms with Gasteiger partial charge in [0.2, 0.25) is 5.89 Å². The van der Waals surface area contributed by atoms with Gasteiger partial charge in [-0.15, -0.1) is 5.10 Å². The van der Waals surface area contributed by atoms with Crippen molar-refractivity contribution in [3.63, 3.8) is 0 Å². The van der Waals surface area contributed by atoms with Crippen molar-refractivity contribution in [2.75, 3.05) is 31.6 Å². The Kier molecular flexibility index (Phi) is 3.07. The van der Waals surface area contributed by atoms with Crippen LogP contribution in [0.4, 0.5) is 6.01 Å². The Bertz CT molecular complexity index is 454. The predicted octanol–water partition coefficient (Wildman–Crippen LogP) is 1.61. The van der Waals surface area contributed by atoms with Crippen LogP contribution in [0, 0.1) is 6.92 Å². The molecule has 5 heteroatoms. The maximum atomic E-state index is 5.58. The second-order valence-electron chi connectivity index (χ2n) is 5.25. The van der Waals surface area contributed by atoms with Crippen molar-refractivity contribution < 1.29 is 4.42 Å². The molecule has 0 spiro atoms. The number of anilines is 1. The van der Waals surface area contributed by atoms with Gasteiger partial charge in [0.15, 0.2) is 0 Å². The van der Waals surface area contributed by atoms with Crippen LogP contribution in [0.15, 0.2) is 16.1 Å². The van der Waals surface area contributed by atoms with Gasteiger partial charge in [-0.2, -0.15) is 0 Å². The second-order valence-corrected chi connectivity index (χ2v) is 5.25. The first kappa shape index (κ1) is 11.7. The van der Waals surface area contributed by atoms with Crippen LogP contribution in [-0.4, -0.2) is 47.8 Å². The molecule has 0 aliphatic carbocycles. The molecule has 0 unspecified atom stereocenters. The van der Waals surface area contributed by atoms with Crippen molar-refractivity contribution >= 4 is 6.01 Å². The van der Waals surface area contributed by atoms with Gasteiger partial charge in [0.05, 0.1) is 6.04 Å². The van der Waals surface area contributed by atoms with Crippen molar-refractivity contribution in [2.24, 2.45) is 0 Å². The molecule has 1 saturated heterocycles. The van der Waals surface area contributed by atoms with Gasteiger partial charge < -0.3 is 14.2 Å². The first-order valence-corrected chi connectivity index (χ1v) is 6.68. The van der Waals surface area contributed by atoms with Gasteiger partial charge >= 0.3 is 6.01 Å². The van der Waals surface area contributed by atoms with Crippen LogP contribution in [0.3, 0.4) is 0 Å². The van der Waals surface area contributed by atoms with Crippen LogP contribution in [0.5, 0.6) is 0 Å². The zero-order valence-corrected chi connectivity index (χ0v) is 11.1. The Balaban J connectivity index is 1.79. The molecule has 1 atom stereocenters. The molecule has 0 saturated carbocycles. The molecular formula is C13H20N4O. The lowest BCUT2D eigenvalue weighted by atomic mass is 9.98. The quantitative estimate of drug-likeness (QED) is 0.744. The number of rotatable bonds is 2. The molecule has 3 rings (SSSR count). The highest BCUT2D eigenvalue weighted by molar-refractivity contribution is 5.36. The number of aromatic nitrogens is 2. The van der Waals surface area contributed by atoms with Crippen LogP contribution in [-0.2, 0) is 0 Å². The highest BCUT2D eigenvalue weighted by atomic mass is 16.4. The van der Waals surface area contributed by atoms with Gasteiger partial charge in [0, 0.05) is 26.6 Å². The fourth-order valence-electron chi connectivity index (χ4n) is 2.87. The van der Waals surface area contributed by atoms with E-state index in [1.807, 2.05) is 6.92 Å². The first-order valence-electron chi connectivity index (χ1n) is 6.68. The third-order valence-corrected chi connectivity index (χ3v) is 3.89. The molecule has 1 aromatic heterocycles. The Morgan fingerprint density at radius 2 is 2.22 bits per heavy atom. The van der Waals surface area contributed by atoms with E-state index in [0.717, 1.165) is 26.1 Å². The average molecular weight is 248 g/mol. The molecule has 1 aromatic rings. The Labute approximate surface area is 107 Å². The van der Waals surface area contributed by atoms with Crippen LogP contribution in [0.25, 0.3) is 0 Å². The fraction of sp³-hybridized carbons (Fsp3) is 0.692. The summed E-state index contributed by atoms with van der Waals surface area (Å²) < 4.78 is 5.58. The average Bonchev–Trinajstić information content (AvgIpc) is 2.98. The van der Waals surface area contributed by atoms with E-state index < -0.39 is 0 Å². The molecule has 0 bridgehead atoms. The summed E-state index contributed by atoms with van der Waals surface area (Å²) in [7, 11) is 2.17. The van der Waals surface area contributed by atoms with Gasteiger partial charge in [-0.3, -0.25) is 0 Å². The Hall–Kier alpha value is -1.36. The predicted molar refractivity (Wildman–Crippen MR) is 69.6 cm³/mol. The molecule has 2 aliphatic rings. The third-order valence-electron chi connectivity index (χ3n) is 3.89.